The number of amides is 2. The standard InChI is InChI=1S/C21H17FN2O5/c22-18-8-4-3-7-17(18)21(27)24-23-19(25)12-29-20(26)13-28-16-10-9-14-5-1-2-6-15(14)11-16/h1-11H,12-13H2,(H,23,25)(H,24,27). The topological polar surface area (TPSA) is 93.7 Å². The summed E-state index contributed by atoms with van der Waals surface area (Å²) < 4.78 is 23.6. The van der Waals surface area contributed by atoms with Crippen LogP contribution in [-0.4, -0.2) is 31.0 Å². The molecule has 0 radical (unpaired) electrons. The number of nitrogens with one attached hydrogen (secondary N) is 2. The molecule has 3 rings (SSSR count). The third kappa shape index (κ3) is 5.52. The number of hydrazine groups is 1. The molecule has 148 valence electrons. The van der Waals surface area contributed by atoms with Crippen molar-refractivity contribution in [1.82, 2.24) is 10.9 Å². The minimum absolute atomic E-state index is 0.228. The molecule has 0 saturated heterocycles. The van der Waals surface area contributed by atoms with Crippen molar-refractivity contribution < 1.29 is 28.2 Å². The van der Waals surface area contributed by atoms with Crippen molar-refractivity contribution in [1.29, 1.82) is 0 Å². The van der Waals surface area contributed by atoms with Crippen LogP contribution in [0.15, 0.2) is 66.7 Å². The van der Waals surface area contributed by atoms with Crippen LogP contribution in [0.25, 0.3) is 10.8 Å². The first-order valence-electron chi connectivity index (χ1n) is 8.64. The van der Waals surface area contributed by atoms with Gasteiger partial charge in [-0.3, -0.25) is 20.4 Å². The minimum atomic E-state index is -0.831. The predicted octanol–water partition coefficient (Wildman–Crippen LogP) is 2.36. The molecular weight excluding hydrogens is 379 g/mol. The van der Waals surface area contributed by atoms with E-state index in [1.165, 1.54) is 18.2 Å². The number of hydrogen-bond acceptors (Lipinski definition) is 5. The lowest BCUT2D eigenvalue weighted by molar-refractivity contribution is -0.150. The molecule has 0 aromatic heterocycles. The second-order valence-corrected chi connectivity index (χ2v) is 5.94. The first-order valence-corrected chi connectivity index (χ1v) is 8.64. The van der Waals surface area contributed by atoms with Crippen LogP contribution < -0.4 is 15.6 Å². The number of fused-ring (bicyclic) bond motifs is 1. The smallest absolute Gasteiger partial charge is 0.344 e. The average Bonchev–Trinajstić information content (AvgIpc) is 2.74. The molecule has 0 heterocycles. The van der Waals surface area contributed by atoms with E-state index in [0.717, 1.165) is 16.8 Å². The molecule has 2 amide bonds. The summed E-state index contributed by atoms with van der Waals surface area (Å²) in [4.78, 5) is 35.1. The van der Waals surface area contributed by atoms with Gasteiger partial charge in [-0.2, -0.15) is 0 Å². The molecule has 8 heteroatoms. The molecule has 0 aliphatic heterocycles. The van der Waals surface area contributed by atoms with E-state index in [1.54, 1.807) is 12.1 Å². The molecule has 0 spiro atoms. The number of halogens is 1. The Morgan fingerprint density at radius 3 is 2.34 bits per heavy atom. The molecule has 3 aromatic carbocycles. The van der Waals surface area contributed by atoms with Crippen LogP contribution in [0.4, 0.5) is 4.39 Å². The summed E-state index contributed by atoms with van der Waals surface area (Å²) in [6.07, 6.45) is 0. The Bertz CT molecular complexity index is 1050. The van der Waals surface area contributed by atoms with E-state index in [4.69, 9.17) is 9.47 Å². The Morgan fingerprint density at radius 2 is 1.55 bits per heavy atom. The average molecular weight is 396 g/mol. The van der Waals surface area contributed by atoms with Gasteiger partial charge in [0, 0.05) is 0 Å². The molecule has 0 fully saturated rings. The maximum atomic E-state index is 13.5. The van der Waals surface area contributed by atoms with E-state index in [0.29, 0.717) is 5.75 Å². The summed E-state index contributed by atoms with van der Waals surface area (Å²) in [5.74, 6) is -2.61. The first-order chi connectivity index (χ1) is 14.0. The fourth-order valence-electron chi connectivity index (χ4n) is 2.46. The van der Waals surface area contributed by atoms with Crippen molar-refractivity contribution in [3.05, 3.63) is 78.1 Å². The van der Waals surface area contributed by atoms with Gasteiger partial charge >= 0.3 is 5.97 Å². The lowest BCUT2D eigenvalue weighted by atomic mass is 10.1. The lowest BCUT2D eigenvalue weighted by Gasteiger charge is -2.09. The Kier molecular flexibility index (Phi) is 6.36. The van der Waals surface area contributed by atoms with Gasteiger partial charge in [0.15, 0.2) is 13.2 Å². The van der Waals surface area contributed by atoms with Crippen LogP contribution in [0.3, 0.4) is 0 Å². The van der Waals surface area contributed by atoms with Crippen molar-refractivity contribution in [2.75, 3.05) is 13.2 Å². The van der Waals surface area contributed by atoms with Crippen molar-refractivity contribution in [3.63, 3.8) is 0 Å². The third-order valence-corrected chi connectivity index (χ3v) is 3.88. The Labute approximate surface area is 165 Å². The summed E-state index contributed by atoms with van der Waals surface area (Å²) in [7, 11) is 0. The van der Waals surface area contributed by atoms with Crippen LogP contribution in [0.5, 0.6) is 5.75 Å². The SMILES string of the molecule is O=C(COC(=O)COc1ccc2ccccc2c1)NNC(=O)c1ccccc1F. The van der Waals surface area contributed by atoms with Crippen LogP contribution in [0.1, 0.15) is 10.4 Å². The zero-order valence-corrected chi connectivity index (χ0v) is 15.2. The summed E-state index contributed by atoms with van der Waals surface area (Å²) >= 11 is 0. The Balaban J connectivity index is 1.40. The summed E-state index contributed by atoms with van der Waals surface area (Å²) in [6, 6.07) is 18.4. The van der Waals surface area contributed by atoms with Gasteiger partial charge in [0.05, 0.1) is 5.56 Å². The van der Waals surface area contributed by atoms with E-state index >= 15 is 0 Å². The summed E-state index contributed by atoms with van der Waals surface area (Å²) in [6.45, 7) is -1.01. The molecule has 2 N–H and O–H groups in total. The fraction of sp³-hybridized carbons (Fsp3) is 0.0952. The van der Waals surface area contributed by atoms with Gasteiger partial charge in [-0.05, 0) is 35.0 Å². The molecule has 0 atom stereocenters. The number of carbonyl (C=O) groups excluding carboxylic acids is 3. The second-order valence-electron chi connectivity index (χ2n) is 5.94. The molecule has 0 unspecified atom stereocenters. The summed E-state index contributed by atoms with van der Waals surface area (Å²) in [5.41, 5.74) is 3.84. The molecule has 0 aliphatic rings. The highest BCUT2D eigenvalue weighted by Gasteiger charge is 2.13. The van der Waals surface area contributed by atoms with Crippen molar-refractivity contribution >= 4 is 28.6 Å². The molecule has 0 aliphatic carbocycles. The monoisotopic (exact) mass is 396 g/mol. The number of ether oxygens (including phenoxy) is 2. The number of esters is 1. The molecular formula is C21H17FN2O5. The van der Waals surface area contributed by atoms with Crippen LogP contribution in [0.2, 0.25) is 0 Å². The van der Waals surface area contributed by atoms with Gasteiger partial charge in [-0.25, -0.2) is 9.18 Å². The molecule has 0 saturated carbocycles. The highest BCUT2D eigenvalue weighted by atomic mass is 19.1. The van der Waals surface area contributed by atoms with Crippen LogP contribution in [0, 0.1) is 5.82 Å². The van der Waals surface area contributed by atoms with Crippen molar-refractivity contribution in [2.45, 2.75) is 0 Å². The van der Waals surface area contributed by atoms with Crippen molar-refractivity contribution in [2.24, 2.45) is 0 Å². The maximum absolute atomic E-state index is 13.5. The van der Waals surface area contributed by atoms with E-state index in [-0.39, 0.29) is 12.2 Å². The minimum Gasteiger partial charge on any atom is -0.482 e. The largest absolute Gasteiger partial charge is 0.482 e. The normalized spacial score (nSPS) is 10.2. The van der Waals surface area contributed by atoms with Gasteiger partial charge in [-0.15, -0.1) is 0 Å². The highest BCUT2D eigenvalue weighted by molar-refractivity contribution is 5.95. The fourth-order valence-corrected chi connectivity index (χ4v) is 2.46. The zero-order chi connectivity index (χ0) is 20.6. The lowest BCUT2D eigenvalue weighted by Crippen LogP contribution is -2.44. The predicted molar refractivity (Wildman–Crippen MR) is 102 cm³/mol. The van der Waals surface area contributed by atoms with E-state index < -0.39 is 30.2 Å². The summed E-state index contributed by atoms with van der Waals surface area (Å²) in [5, 5.41) is 2.00. The van der Waals surface area contributed by atoms with Crippen LogP contribution in [-0.2, 0) is 14.3 Å². The maximum Gasteiger partial charge on any atom is 0.344 e. The van der Waals surface area contributed by atoms with Gasteiger partial charge in [0.25, 0.3) is 11.8 Å². The highest BCUT2D eigenvalue weighted by Crippen LogP contribution is 2.20. The van der Waals surface area contributed by atoms with E-state index in [9.17, 15) is 18.8 Å². The molecule has 0 bridgehead atoms. The van der Waals surface area contributed by atoms with Gasteiger partial charge in [0.2, 0.25) is 0 Å². The number of hydrogen-bond donors (Lipinski definition) is 2. The number of carbonyl (C=O) groups is 3. The number of benzene rings is 3. The van der Waals surface area contributed by atoms with E-state index in [2.05, 4.69) is 0 Å². The van der Waals surface area contributed by atoms with Gasteiger partial charge in [0.1, 0.15) is 11.6 Å². The van der Waals surface area contributed by atoms with E-state index in [1.807, 2.05) is 41.2 Å². The van der Waals surface area contributed by atoms with Crippen LogP contribution >= 0.6 is 0 Å². The third-order valence-electron chi connectivity index (χ3n) is 3.88. The molecule has 3 aromatic rings. The Hall–Kier alpha value is -3.94. The molecule has 7 nitrogen and oxygen atoms in total. The Morgan fingerprint density at radius 1 is 0.828 bits per heavy atom. The van der Waals surface area contributed by atoms with Gasteiger partial charge in [-0.1, -0.05) is 42.5 Å². The van der Waals surface area contributed by atoms with Crippen molar-refractivity contribution in [3.8, 4) is 5.75 Å². The zero-order valence-electron chi connectivity index (χ0n) is 15.2. The molecule has 29 heavy (non-hydrogen) atoms. The quantitative estimate of drug-likeness (QED) is 0.493. The first kappa shape index (κ1) is 19.8. The second kappa shape index (κ2) is 9.32. The van der Waals surface area contributed by atoms with Gasteiger partial charge < -0.3 is 9.47 Å². The number of rotatable bonds is 6.